The molecule has 0 atom stereocenters. The number of aliphatic hydroxyl groups excluding tert-OH is 1. The highest BCUT2D eigenvalue weighted by Gasteiger charge is 2.10. The summed E-state index contributed by atoms with van der Waals surface area (Å²) in [7, 11) is 1.47. The molecule has 0 saturated carbocycles. The van der Waals surface area contributed by atoms with Crippen LogP contribution in [0.5, 0.6) is 5.75 Å². The van der Waals surface area contributed by atoms with Crippen LogP contribution in [-0.2, 0) is 6.42 Å². The van der Waals surface area contributed by atoms with Crippen LogP contribution in [0, 0.1) is 0 Å². The fraction of sp³-hybridized carbons (Fsp3) is 0.400. The maximum Gasteiger partial charge on any atom is 0.263 e. The van der Waals surface area contributed by atoms with Gasteiger partial charge in [0.25, 0.3) is 6.43 Å². The van der Waals surface area contributed by atoms with Gasteiger partial charge >= 0.3 is 0 Å². The summed E-state index contributed by atoms with van der Waals surface area (Å²) in [5.41, 5.74) is 0.557. The largest absolute Gasteiger partial charge is 0.496 e. The minimum atomic E-state index is -2.49. The van der Waals surface area contributed by atoms with Crippen molar-refractivity contribution >= 4 is 0 Å². The Morgan fingerprint density at radius 1 is 1.43 bits per heavy atom. The molecule has 0 saturated heterocycles. The molecule has 0 heterocycles. The van der Waals surface area contributed by atoms with E-state index in [1.807, 2.05) is 0 Å². The van der Waals surface area contributed by atoms with Crippen molar-refractivity contribution in [3.8, 4) is 5.75 Å². The highest BCUT2D eigenvalue weighted by molar-refractivity contribution is 5.37. The molecule has 1 rings (SSSR count). The summed E-state index contributed by atoms with van der Waals surface area (Å²) < 4.78 is 29.6. The van der Waals surface area contributed by atoms with E-state index in [2.05, 4.69) is 0 Å². The molecule has 78 valence electrons. The number of hydrogen-bond donors (Lipinski definition) is 1. The Labute approximate surface area is 81.1 Å². The molecule has 1 N–H and O–H groups in total. The van der Waals surface area contributed by atoms with Crippen molar-refractivity contribution in [2.24, 2.45) is 0 Å². The smallest absolute Gasteiger partial charge is 0.263 e. The van der Waals surface area contributed by atoms with Gasteiger partial charge in [0.2, 0.25) is 0 Å². The molecule has 0 bridgehead atoms. The molecule has 0 radical (unpaired) electrons. The quantitative estimate of drug-likeness (QED) is 0.810. The molecular formula is C10H12F2O2. The van der Waals surface area contributed by atoms with Crippen LogP contribution in [0.2, 0.25) is 0 Å². The molecule has 0 aliphatic rings. The summed E-state index contributed by atoms with van der Waals surface area (Å²) in [6.07, 6.45) is -2.16. The molecule has 1 aromatic rings. The number of ether oxygens (including phenoxy) is 1. The van der Waals surface area contributed by atoms with Gasteiger partial charge in [-0.1, -0.05) is 0 Å². The Morgan fingerprint density at radius 3 is 2.64 bits per heavy atom. The number of benzene rings is 1. The molecule has 4 heteroatoms. The Morgan fingerprint density at radius 2 is 2.14 bits per heavy atom. The molecule has 0 aliphatic heterocycles. The van der Waals surface area contributed by atoms with Crippen molar-refractivity contribution in [2.75, 3.05) is 13.7 Å². The summed E-state index contributed by atoms with van der Waals surface area (Å²) in [5, 5.41) is 8.73. The van der Waals surface area contributed by atoms with Crippen molar-refractivity contribution in [3.05, 3.63) is 29.3 Å². The van der Waals surface area contributed by atoms with E-state index in [-0.39, 0.29) is 12.2 Å². The van der Waals surface area contributed by atoms with Crippen molar-refractivity contribution in [1.29, 1.82) is 0 Å². The predicted molar refractivity (Wildman–Crippen MR) is 48.7 cm³/mol. The van der Waals surface area contributed by atoms with Crippen LogP contribution in [-0.4, -0.2) is 18.8 Å². The van der Waals surface area contributed by atoms with Gasteiger partial charge in [-0.15, -0.1) is 0 Å². The van der Waals surface area contributed by atoms with Crippen molar-refractivity contribution < 1.29 is 18.6 Å². The van der Waals surface area contributed by atoms with Gasteiger partial charge in [0.15, 0.2) is 0 Å². The van der Waals surface area contributed by atoms with E-state index in [1.54, 1.807) is 0 Å². The topological polar surface area (TPSA) is 29.5 Å². The molecule has 0 aromatic heterocycles. The summed E-state index contributed by atoms with van der Waals surface area (Å²) in [4.78, 5) is 0. The average Bonchev–Trinajstić information content (AvgIpc) is 2.18. The van der Waals surface area contributed by atoms with Crippen LogP contribution in [0.15, 0.2) is 18.2 Å². The third-order valence-electron chi connectivity index (χ3n) is 1.94. The van der Waals surface area contributed by atoms with E-state index >= 15 is 0 Å². The first kappa shape index (κ1) is 10.9. The summed E-state index contributed by atoms with van der Waals surface area (Å²) in [5.74, 6) is 0.531. The zero-order valence-corrected chi connectivity index (χ0v) is 7.84. The summed E-state index contributed by atoms with van der Waals surface area (Å²) in [6, 6.07) is 4.18. The van der Waals surface area contributed by atoms with Crippen LogP contribution in [0.25, 0.3) is 0 Å². The lowest BCUT2D eigenvalue weighted by atomic mass is 10.1. The average molecular weight is 202 g/mol. The van der Waals surface area contributed by atoms with E-state index in [1.165, 1.54) is 25.3 Å². The fourth-order valence-corrected chi connectivity index (χ4v) is 1.25. The van der Waals surface area contributed by atoms with Crippen molar-refractivity contribution in [3.63, 3.8) is 0 Å². The van der Waals surface area contributed by atoms with Gasteiger partial charge in [0.05, 0.1) is 7.11 Å². The second kappa shape index (κ2) is 4.91. The lowest BCUT2D eigenvalue weighted by Gasteiger charge is -2.09. The third kappa shape index (κ3) is 2.42. The van der Waals surface area contributed by atoms with E-state index in [0.717, 1.165) is 0 Å². The maximum absolute atomic E-state index is 12.3. The van der Waals surface area contributed by atoms with E-state index in [4.69, 9.17) is 9.84 Å². The fourth-order valence-electron chi connectivity index (χ4n) is 1.25. The van der Waals surface area contributed by atoms with Crippen LogP contribution in [0.1, 0.15) is 17.6 Å². The zero-order valence-electron chi connectivity index (χ0n) is 7.84. The molecule has 2 nitrogen and oxygen atoms in total. The number of halogens is 2. The van der Waals surface area contributed by atoms with Gasteiger partial charge in [-0.25, -0.2) is 8.78 Å². The van der Waals surface area contributed by atoms with Crippen LogP contribution >= 0.6 is 0 Å². The molecule has 14 heavy (non-hydrogen) atoms. The highest BCUT2D eigenvalue weighted by Crippen LogP contribution is 2.26. The first-order valence-electron chi connectivity index (χ1n) is 4.25. The summed E-state index contributed by atoms with van der Waals surface area (Å²) in [6.45, 7) is -0.0803. The second-order valence-corrected chi connectivity index (χ2v) is 2.85. The number of methoxy groups -OCH3 is 1. The minimum absolute atomic E-state index is 0.0470. The lowest BCUT2D eigenvalue weighted by Crippen LogP contribution is -1.97. The Hall–Kier alpha value is -1.16. The number of rotatable bonds is 4. The number of aliphatic hydroxyl groups is 1. The monoisotopic (exact) mass is 202 g/mol. The first-order valence-corrected chi connectivity index (χ1v) is 4.25. The third-order valence-corrected chi connectivity index (χ3v) is 1.94. The van der Waals surface area contributed by atoms with E-state index < -0.39 is 6.43 Å². The molecule has 0 unspecified atom stereocenters. The lowest BCUT2D eigenvalue weighted by molar-refractivity contribution is 0.151. The molecule has 0 fully saturated rings. The molecule has 0 spiro atoms. The van der Waals surface area contributed by atoms with Gasteiger partial charge in [-0.05, 0) is 30.2 Å². The molecule has 1 aromatic carbocycles. The SMILES string of the molecule is COc1ccc(C(F)F)cc1CCO. The maximum atomic E-state index is 12.3. The van der Waals surface area contributed by atoms with Crippen molar-refractivity contribution in [2.45, 2.75) is 12.8 Å². The minimum Gasteiger partial charge on any atom is -0.496 e. The van der Waals surface area contributed by atoms with Gasteiger partial charge in [0, 0.05) is 12.2 Å². The molecule has 0 amide bonds. The predicted octanol–water partition coefficient (Wildman–Crippen LogP) is 2.17. The number of alkyl halides is 2. The second-order valence-electron chi connectivity index (χ2n) is 2.85. The summed E-state index contributed by atoms with van der Waals surface area (Å²) >= 11 is 0. The highest BCUT2D eigenvalue weighted by atomic mass is 19.3. The van der Waals surface area contributed by atoms with E-state index in [9.17, 15) is 8.78 Å². The standard InChI is InChI=1S/C10H12F2O2/c1-14-9-3-2-8(10(11)12)6-7(9)4-5-13/h2-3,6,10,13H,4-5H2,1H3. The normalized spacial score (nSPS) is 10.6. The Kier molecular flexibility index (Phi) is 3.83. The van der Waals surface area contributed by atoms with Gasteiger partial charge in [-0.3, -0.25) is 0 Å². The number of hydrogen-bond acceptors (Lipinski definition) is 2. The van der Waals surface area contributed by atoms with Crippen LogP contribution in [0.3, 0.4) is 0 Å². The zero-order chi connectivity index (χ0) is 10.6. The molecule has 0 aliphatic carbocycles. The Bertz CT molecular complexity index is 300. The molecular weight excluding hydrogens is 190 g/mol. The van der Waals surface area contributed by atoms with Crippen molar-refractivity contribution in [1.82, 2.24) is 0 Å². The van der Waals surface area contributed by atoms with Gasteiger partial charge in [0.1, 0.15) is 5.75 Å². The Balaban J connectivity index is 3.01. The van der Waals surface area contributed by atoms with Gasteiger partial charge < -0.3 is 9.84 Å². The van der Waals surface area contributed by atoms with Crippen LogP contribution < -0.4 is 4.74 Å². The van der Waals surface area contributed by atoms with Crippen LogP contribution in [0.4, 0.5) is 8.78 Å². The first-order chi connectivity index (χ1) is 6.69. The van der Waals surface area contributed by atoms with E-state index in [0.29, 0.717) is 17.7 Å². The van der Waals surface area contributed by atoms with Gasteiger partial charge in [-0.2, -0.15) is 0 Å².